The third kappa shape index (κ3) is 7.06. The lowest BCUT2D eigenvalue weighted by Gasteiger charge is -2.39. The van der Waals surface area contributed by atoms with Crippen LogP contribution in [0.1, 0.15) is 33.6 Å². The largest absolute Gasteiger partial charge is 0.469 e. The van der Waals surface area contributed by atoms with Gasteiger partial charge in [0, 0.05) is 4.43 Å². The summed E-state index contributed by atoms with van der Waals surface area (Å²) >= 11 is 2.13. The van der Waals surface area contributed by atoms with Gasteiger partial charge < -0.3 is 14.3 Å². The molecule has 0 bridgehead atoms. The Kier molecular flexibility index (Phi) is 8.09. The molecule has 0 heterocycles. The number of rotatable bonds is 7. The van der Waals surface area contributed by atoms with E-state index >= 15 is 0 Å². The molecule has 0 fully saturated rings. The quantitative estimate of drug-likeness (QED) is 0.308. The second-order valence-electron chi connectivity index (χ2n) is 6.32. The van der Waals surface area contributed by atoms with Crippen molar-refractivity contribution in [3.63, 3.8) is 0 Å². The summed E-state index contributed by atoms with van der Waals surface area (Å²) in [5, 5.41) is 9.87. The molecular weight excluding hydrogens is 375 g/mol. The lowest BCUT2D eigenvalue weighted by Crippen LogP contribution is -2.45. The van der Waals surface area contributed by atoms with Crippen LogP contribution in [0.4, 0.5) is 0 Å². The molecule has 0 aliphatic rings. The topological polar surface area (TPSA) is 55.8 Å². The van der Waals surface area contributed by atoms with Crippen LogP contribution >= 0.6 is 22.6 Å². The van der Waals surface area contributed by atoms with E-state index in [-0.39, 0.29) is 23.5 Å². The van der Waals surface area contributed by atoms with Crippen molar-refractivity contribution in [3.8, 4) is 0 Å². The second kappa shape index (κ2) is 7.95. The maximum atomic E-state index is 11.5. The number of methoxy groups -OCH3 is 1. The summed E-state index contributed by atoms with van der Waals surface area (Å²) in [6.07, 6.45) is -0.0283. The van der Waals surface area contributed by atoms with Crippen LogP contribution < -0.4 is 0 Å². The first-order valence-corrected chi connectivity index (χ1v) is 11.0. The summed E-state index contributed by atoms with van der Waals surface area (Å²) in [6.45, 7) is 10.8. The predicted molar refractivity (Wildman–Crippen MR) is 88.2 cm³/mol. The standard InChI is InChI=1S/C13H27IO4Si/c1-13(2,3)19(5,6)18-11(7-10(15)9-14)8-12(16)17-4/h10-11,15H,7-9H2,1-6H3/t10-,11+/m0/s1. The molecule has 0 aromatic heterocycles. The van der Waals surface area contributed by atoms with E-state index in [2.05, 4.69) is 56.5 Å². The monoisotopic (exact) mass is 402 g/mol. The number of hydrogen-bond donors (Lipinski definition) is 1. The average Bonchev–Trinajstić information content (AvgIpc) is 2.26. The highest BCUT2D eigenvalue weighted by Crippen LogP contribution is 2.38. The number of aliphatic hydroxyl groups excluding tert-OH is 1. The predicted octanol–water partition coefficient (Wildman–Crippen LogP) is 3.13. The van der Waals surface area contributed by atoms with Crippen molar-refractivity contribution in [2.45, 2.75) is 64.0 Å². The summed E-state index contributed by atoms with van der Waals surface area (Å²) in [6, 6.07) is 0. The van der Waals surface area contributed by atoms with Gasteiger partial charge in [-0.15, -0.1) is 0 Å². The number of ether oxygens (including phenoxy) is 1. The van der Waals surface area contributed by atoms with E-state index in [4.69, 9.17) is 9.16 Å². The smallest absolute Gasteiger partial charge is 0.308 e. The molecule has 6 heteroatoms. The van der Waals surface area contributed by atoms with Crippen LogP contribution in [0.25, 0.3) is 0 Å². The zero-order valence-electron chi connectivity index (χ0n) is 12.8. The maximum Gasteiger partial charge on any atom is 0.308 e. The van der Waals surface area contributed by atoms with Crippen LogP contribution in [0.15, 0.2) is 0 Å². The summed E-state index contributed by atoms with van der Waals surface area (Å²) in [7, 11) is -0.573. The zero-order valence-corrected chi connectivity index (χ0v) is 16.0. The van der Waals surface area contributed by atoms with Gasteiger partial charge in [0.15, 0.2) is 8.32 Å². The van der Waals surface area contributed by atoms with E-state index < -0.39 is 14.4 Å². The number of hydrogen-bond acceptors (Lipinski definition) is 4. The van der Waals surface area contributed by atoms with Gasteiger partial charge in [0.1, 0.15) is 0 Å². The number of halogens is 1. The number of carbonyl (C=O) groups is 1. The van der Waals surface area contributed by atoms with Crippen LogP contribution in [0.3, 0.4) is 0 Å². The van der Waals surface area contributed by atoms with Crippen molar-refractivity contribution < 1.29 is 19.1 Å². The molecule has 0 aromatic rings. The highest BCUT2D eigenvalue weighted by Gasteiger charge is 2.39. The van der Waals surface area contributed by atoms with E-state index in [1.165, 1.54) is 7.11 Å². The first-order valence-electron chi connectivity index (χ1n) is 6.52. The van der Waals surface area contributed by atoms with Gasteiger partial charge in [-0.3, -0.25) is 4.79 Å². The van der Waals surface area contributed by atoms with Crippen LogP contribution in [0, 0.1) is 0 Å². The number of carbonyl (C=O) groups excluding carboxylic acids is 1. The molecular formula is C13H27IO4Si. The minimum absolute atomic E-state index is 0.0800. The first-order chi connectivity index (χ1) is 8.53. The fourth-order valence-corrected chi connectivity index (χ4v) is 3.13. The minimum atomic E-state index is -1.95. The Morgan fingerprint density at radius 3 is 2.26 bits per heavy atom. The summed E-state index contributed by atoms with van der Waals surface area (Å²) in [5.74, 6) is -0.288. The van der Waals surface area contributed by atoms with Crippen LogP contribution in [-0.4, -0.2) is 43.1 Å². The Hall–Kier alpha value is 0.337. The van der Waals surface area contributed by atoms with Gasteiger partial charge in [-0.2, -0.15) is 0 Å². The first kappa shape index (κ1) is 19.3. The third-order valence-electron chi connectivity index (χ3n) is 3.60. The molecule has 4 nitrogen and oxygen atoms in total. The number of aliphatic hydroxyl groups is 1. The molecule has 0 spiro atoms. The maximum absolute atomic E-state index is 11.5. The molecule has 114 valence electrons. The number of alkyl halides is 1. The van der Waals surface area contributed by atoms with Crippen molar-refractivity contribution in [2.75, 3.05) is 11.5 Å². The van der Waals surface area contributed by atoms with Crippen molar-refractivity contribution in [2.24, 2.45) is 0 Å². The molecule has 2 atom stereocenters. The molecule has 0 aliphatic heterocycles. The van der Waals surface area contributed by atoms with Crippen LogP contribution in [-0.2, 0) is 14.0 Å². The van der Waals surface area contributed by atoms with Gasteiger partial charge >= 0.3 is 5.97 Å². The third-order valence-corrected chi connectivity index (χ3v) is 9.15. The highest BCUT2D eigenvalue weighted by molar-refractivity contribution is 14.1. The zero-order chi connectivity index (χ0) is 15.3. The Morgan fingerprint density at radius 1 is 1.37 bits per heavy atom. The molecule has 0 radical (unpaired) electrons. The van der Waals surface area contributed by atoms with Gasteiger partial charge in [-0.1, -0.05) is 43.4 Å². The Bertz CT molecular complexity index is 289. The van der Waals surface area contributed by atoms with Crippen LogP contribution in [0.5, 0.6) is 0 Å². The Labute approximate surface area is 131 Å². The second-order valence-corrected chi connectivity index (χ2v) is 12.0. The normalized spacial score (nSPS) is 16.0. The van der Waals surface area contributed by atoms with Crippen molar-refractivity contribution in [1.82, 2.24) is 0 Å². The molecule has 0 saturated heterocycles. The Balaban J connectivity index is 4.79. The van der Waals surface area contributed by atoms with Crippen LogP contribution in [0.2, 0.25) is 18.1 Å². The van der Waals surface area contributed by atoms with E-state index in [0.29, 0.717) is 10.8 Å². The number of esters is 1. The molecule has 0 aliphatic carbocycles. The molecule has 0 saturated carbocycles. The molecule has 1 N–H and O–H groups in total. The summed E-state index contributed by atoms with van der Waals surface area (Å²) < 4.78 is 11.6. The fourth-order valence-electron chi connectivity index (χ4n) is 1.40. The van der Waals surface area contributed by atoms with E-state index in [1.807, 2.05) is 0 Å². The van der Waals surface area contributed by atoms with E-state index in [0.717, 1.165) is 0 Å². The van der Waals surface area contributed by atoms with Crippen molar-refractivity contribution >= 4 is 36.9 Å². The van der Waals surface area contributed by atoms with Gasteiger partial charge in [-0.05, 0) is 24.6 Å². The van der Waals surface area contributed by atoms with Crippen molar-refractivity contribution in [3.05, 3.63) is 0 Å². The average molecular weight is 402 g/mol. The van der Waals surface area contributed by atoms with Crippen molar-refractivity contribution in [1.29, 1.82) is 0 Å². The van der Waals surface area contributed by atoms with Gasteiger partial charge in [-0.25, -0.2) is 0 Å². The van der Waals surface area contributed by atoms with E-state index in [1.54, 1.807) is 0 Å². The Morgan fingerprint density at radius 2 is 1.89 bits per heavy atom. The summed E-state index contributed by atoms with van der Waals surface area (Å²) in [4.78, 5) is 11.5. The van der Waals surface area contributed by atoms with E-state index in [9.17, 15) is 9.90 Å². The molecule has 0 aromatic carbocycles. The fraction of sp³-hybridized carbons (Fsp3) is 0.923. The highest BCUT2D eigenvalue weighted by atomic mass is 127. The molecule has 0 unspecified atom stereocenters. The lowest BCUT2D eigenvalue weighted by molar-refractivity contribution is -0.142. The summed E-state index contributed by atoms with van der Waals surface area (Å²) in [5.41, 5.74) is 0. The SMILES string of the molecule is COC(=O)C[C@@H](C[C@H](O)CI)O[Si](C)(C)C(C)(C)C. The van der Waals surface area contributed by atoms with Gasteiger partial charge in [0.2, 0.25) is 0 Å². The molecule has 19 heavy (non-hydrogen) atoms. The lowest BCUT2D eigenvalue weighted by atomic mass is 10.1. The minimum Gasteiger partial charge on any atom is -0.469 e. The molecule has 0 amide bonds. The van der Waals surface area contributed by atoms with Gasteiger partial charge in [0.25, 0.3) is 0 Å². The molecule has 0 rings (SSSR count). The van der Waals surface area contributed by atoms with Gasteiger partial charge in [0.05, 0.1) is 25.7 Å².